The lowest BCUT2D eigenvalue weighted by Gasteiger charge is -1.98. The lowest BCUT2D eigenvalue weighted by Crippen LogP contribution is -2.00. The topological polar surface area (TPSA) is 89.3 Å². The van der Waals surface area contributed by atoms with Gasteiger partial charge in [0.25, 0.3) is 0 Å². The minimum Gasteiger partial charge on any atom is -0.625 e. The Morgan fingerprint density at radius 3 is 2.08 bits per heavy atom. The van der Waals surface area contributed by atoms with E-state index in [1.165, 1.54) is 0 Å². The largest absolute Gasteiger partial charge is 0.625 e. The Labute approximate surface area is 78.5 Å². The number of hydrogen-bond donors (Lipinski definition) is 0. The van der Waals surface area contributed by atoms with Gasteiger partial charge in [-0.2, -0.15) is 0 Å². The van der Waals surface area contributed by atoms with Gasteiger partial charge in [0.05, 0.1) is 5.56 Å². The van der Waals surface area contributed by atoms with E-state index < -0.39 is 0 Å². The first-order chi connectivity index (χ1) is 4.84. The van der Waals surface area contributed by atoms with Crippen molar-refractivity contribution in [2.75, 3.05) is 0 Å². The summed E-state index contributed by atoms with van der Waals surface area (Å²) in [6.45, 7) is 0. The van der Waals surface area contributed by atoms with Crippen LogP contribution in [0.2, 0.25) is 0 Å². The van der Waals surface area contributed by atoms with Crippen LogP contribution in [0.5, 0.6) is 0 Å². The molecular formula is C7H9AlO4. The molecule has 0 atom stereocenters. The normalized spacial score (nSPS) is 7.33. The van der Waals surface area contributed by atoms with Crippen LogP contribution in [0.25, 0.3) is 0 Å². The van der Waals surface area contributed by atoms with Crippen LogP contribution in [-0.4, -0.2) is 33.5 Å². The van der Waals surface area contributed by atoms with Gasteiger partial charge in [-0.15, -0.1) is 0 Å². The lowest BCUT2D eigenvalue weighted by molar-refractivity contribution is 0.0749. The summed E-state index contributed by atoms with van der Waals surface area (Å²) in [5, 5.41) is 0. The molecule has 1 aromatic rings. The van der Waals surface area contributed by atoms with Crippen molar-refractivity contribution in [3.8, 4) is 0 Å². The van der Waals surface area contributed by atoms with E-state index in [0.717, 1.165) is 0 Å². The van der Waals surface area contributed by atoms with Crippen molar-refractivity contribution in [2.24, 2.45) is 0 Å². The van der Waals surface area contributed by atoms with Gasteiger partial charge in [-0.1, -0.05) is 18.2 Å². The molecule has 0 amide bonds. The molecule has 0 heterocycles. The molecule has 0 aliphatic rings. The molecule has 0 unspecified atom stereocenters. The third kappa shape index (κ3) is 3.51. The number of carbonyl (C=O) groups is 1. The SMILES string of the molecule is O.O.O=C([O][Al])c1ccccc1. The monoisotopic (exact) mass is 184 g/mol. The summed E-state index contributed by atoms with van der Waals surface area (Å²) >= 11 is 1.92. The third-order valence-corrected chi connectivity index (χ3v) is 1.33. The summed E-state index contributed by atoms with van der Waals surface area (Å²) in [6.07, 6.45) is 0. The van der Waals surface area contributed by atoms with Crippen molar-refractivity contribution in [3.63, 3.8) is 0 Å². The van der Waals surface area contributed by atoms with E-state index in [9.17, 15) is 4.79 Å². The smallest absolute Gasteiger partial charge is 0.485 e. The molecule has 1 aromatic carbocycles. The van der Waals surface area contributed by atoms with Crippen LogP contribution in [0.15, 0.2) is 30.3 Å². The minimum absolute atomic E-state index is 0. The van der Waals surface area contributed by atoms with Crippen molar-refractivity contribution in [1.82, 2.24) is 0 Å². The predicted molar refractivity (Wildman–Crippen MR) is 44.8 cm³/mol. The zero-order valence-electron chi connectivity index (χ0n) is 6.28. The van der Waals surface area contributed by atoms with E-state index in [-0.39, 0.29) is 16.9 Å². The van der Waals surface area contributed by atoms with Gasteiger partial charge in [-0.3, -0.25) is 0 Å². The predicted octanol–water partition coefficient (Wildman–Crippen LogP) is -0.722. The Balaban J connectivity index is 0. The Bertz CT molecular complexity index is 224. The minimum atomic E-state index is -0.328. The van der Waals surface area contributed by atoms with Gasteiger partial charge in [0, 0.05) is 0 Å². The van der Waals surface area contributed by atoms with Crippen molar-refractivity contribution in [3.05, 3.63) is 35.9 Å². The second-order valence-electron chi connectivity index (χ2n) is 1.77. The molecule has 64 valence electrons. The molecule has 0 bridgehead atoms. The molecule has 4 nitrogen and oxygen atoms in total. The number of rotatable bonds is 1. The quantitative estimate of drug-likeness (QED) is 0.539. The average Bonchev–Trinajstić information content (AvgIpc) is 2.05. The summed E-state index contributed by atoms with van der Waals surface area (Å²) in [6, 6.07) is 8.83. The summed E-state index contributed by atoms with van der Waals surface area (Å²) in [5.74, 6) is -0.328. The molecule has 2 radical (unpaired) electrons. The third-order valence-electron chi connectivity index (χ3n) is 1.12. The zero-order chi connectivity index (χ0) is 7.40. The molecule has 0 saturated carbocycles. The average molecular weight is 184 g/mol. The van der Waals surface area contributed by atoms with Gasteiger partial charge in [-0.05, 0) is 12.1 Å². The lowest BCUT2D eigenvalue weighted by atomic mass is 10.2. The van der Waals surface area contributed by atoms with Crippen LogP contribution in [0.4, 0.5) is 0 Å². The van der Waals surface area contributed by atoms with Gasteiger partial charge < -0.3 is 14.7 Å². The van der Waals surface area contributed by atoms with E-state index in [4.69, 9.17) is 0 Å². The summed E-state index contributed by atoms with van der Waals surface area (Å²) < 4.78 is 4.41. The number of hydrogen-bond acceptors (Lipinski definition) is 2. The van der Waals surface area contributed by atoms with E-state index in [1.807, 2.05) is 22.7 Å². The Morgan fingerprint density at radius 2 is 1.67 bits per heavy atom. The molecule has 1 rings (SSSR count). The van der Waals surface area contributed by atoms with E-state index in [2.05, 4.69) is 3.79 Å². The van der Waals surface area contributed by atoms with Gasteiger partial charge >= 0.3 is 22.6 Å². The summed E-state index contributed by atoms with van der Waals surface area (Å²) in [4.78, 5) is 10.8. The van der Waals surface area contributed by atoms with Crippen molar-refractivity contribution < 1.29 is 19.5 Å². The van der Waals surface area contributed by atoms with E-state index in [0.29, 0.717) is 5.56 Å². The van der Waals surface area contributed by atoms with Crippen LogP contribution in [0.1, 0.15) is 10.4 Å². The molecule has 5 heteroatoms. The van der Waals surface area contributed by atoms with Crippen LogP contribution in [-0.2, 0) is 3.79 Å². The molecule has 0 aromatic heterocycles. The molecule has 0 aliphatic heterocycles. The molecule has 0 spiro atoms. The fourth-order valence-corrected chi connectivity index (χ4v) is 0.778. The maximum Gasteiger partial charge on any atom is 0.485 e. The Kier molecular flexibility index (Phi) is 7.80. The molecule has 0 saturated heterocycles. The molecule has 12 heavy (non-hydrogen) atoms. The maximum absolute atomic E-state index is 10.8. The van der Waals surface area contributed by atoms with E-state index in [1.54, 1.807) is 24.3 Å². The van der Waals surface area contributed by atoms with Crippen LogP contribution >= 0.6 is 0 Å². The van der Waals surface area contributed by atoms with Crippen LogP contribution in [0, 0.1) is 0 Å². The highest BCUT2D eigenvalue weighted by molar-refractivity contribution is 6.09. The first-order valence-corrected chi connectivity index (χ1v) is 3.28. The molecule has 0 fully saturated rings. The second-order valence-corrected chi connectivity index (χ2v) is 2.01. The van der Waals surface area contributed by atoms with Gasteiger partial charge in [0.15, 0.2) is 0 Å². The van der Waals surface area contributed by atoms with Crippen LogP contribution in [0.3, 0.4) is 0 Å². The number of carbonyl (C=O) groups excluding carboxylic acids is 1. The standard InChI is InChI=1S/C7H6O2.Al.2H2O/c8-7(9)6-4-2-1-3-5-6;;;/h1-5H,(H,8,9);;2*1H2/q;+1;;/p-1. The van der Waals surface area contributed by atoms with Crippen molar-refractivity contribution >= 4 is 22.6 Å². The van der Waals surface area contributed by atoms with Crippen molar-refractivity contribution in [2.45, 2.75) is 0 Å². The maximum atomic E-state index is 10.8. The summed E-state index contributed by atoms with van der Waals surface area (Å²) in [5.41, 5.74) is 0.567. The molecule has 4 N–H and O–H groups in total. The Hall–Kier alpha value is -0.858. The zero-order valence-corrected chi connectivity index (χ0v) is 7.44. The summed E-state index contributed by atoms with van der Waals surface area (Å²) in [7, 11) is 0. The first-order valence-electron chi connectivity index (χ1n) is 2.80. The highest BCUT2D eigenvalue weighted by Gasteiger charge is 1.99. The fraction of sp³-hybridized carbons (Fsp3) is 0. The van der Waals surface area contributed by atoms with E-state index >= 15 is 0 Å². The van der Waals surface area contributed by atoms with Crippen LogP contribution < -0.4 is 0 Å². The first kappa shape index (κ1) is 13.7. The van der Waals surface area contributed by atoms with Gasteiger partial charge in [0.1, 0.15) is 0 Å². The van der Waals surface area contributed by atoms with Crippen molar-refractivity contribution in [1.29, 1.82) is 0 Å². The second kappa shape index (κ2) is 6.83. The van der Waals surface area contributed by atoms with Gasteiger partial charge in [-0.25, -0.2) is 4.79 Å². The molecular weight excluding hydrogens is 175 g/mol. The molecule has 0 aliphatic carbocycles. The number of benzene rings is 1. The highest BCUT2D eigenvalue weighted by atomic mass is 27.1. The Morgan fingerprint density at radius 1 is 1.17 bits per heavy atom. The fourth-order valence-electron chi connectivity index (χ4n) is 0.642. The highest BCUT2D eigenvalue weighted by Crippen LogP contribution is 1.98. The van der Waals surface area contributed by atoms with Gasteiger partial charge in [0.2, 0.25) is 0 Å².